The number of carbonyl (C=O) groups is 4. The van der Waals surface area contributed by atoms with Gasteiger partial charge in [0.15, 0.2) is 29.1 Å². The first kappa shape index (κ1) is 23.6. The molecule has 1 rings (SSSR count). The van der Waals surface area contributed by atoms with E-state index in [1.54, 1.807) is 0 Å². The number of nitrogen functional groups attached to an aromatic ring is 2. The number of aliphatic carboxylic acids is 1. The Labute approximate surface area is 152 Å². The largest absolute Gasteiger partial charge is 0.480 e. The van der Waals surface area contributed by atoms with Crippen LogP contribution in [0.4, 0.5) is 11.6 Å². The van der Waals surface area contributed by atoms with Crippen LogP contribution >= 0.6 is 0 Å². The Morgan fingerprint density at radius 1 is 1.00 bits per heavy atom. The SMILES string of the molecule is CO.Nc1nc(C(=O)NC(CO)C(=O)O)c(N)nc1C(=O)NC(C=O)CO. The summed E-state index contributed by atoms with van der Waals surface area (Å²) in [5.74, 6) is -4.59. The van der Waals surface area contributed by atoms with Crippen molar-refractivity contribution in [2.75, 3.05) is 31.8 Å². The summed E-state index contributed by atoms with van der Waals surface area (Å²) in [7, 11) is 1.00. The molecule has 1 heterocycles. The summed E-state index contributed by atoms with van der Waals surface area (Å²) >= 11 is 0. The number of amides is 2. The fraction of sp³-hybridized carbons (Fsp3) is 0.385. The molecule has 1 aromatic heterocycles. The van der Waals surface area contributed by atoms with Crippen LogP contribution in [0.2, 0.25) is 0 Å². The number of carboxylic acids is 1. The van der Waals surface area contributed by atoms with Crippen molar-refractivity contribution in [3.05, 3.63) is 11.4 Å². The number of aromatic nitrogens is 2. The third kappa shape index (κ3) is 6.46. The van der Waals surface area contributed by atoms with Gasteiger partial charge in [-0.15, -0.1) is 0 Å². The van der Waals surface area contributed by atoms with Gasteiger partial charge in [0, 0.05) is 7.11 Å². The Morgan fingerprint density at radius 2 is 1.44 bits per heavy atom. The highest BCUT2D eigenvalue weighted by atomic mass is 16.4. The number of nitrogens with two attached hydrogens (primary N) is 2. The molecular weight excluding hydrogens is 368 g/mol. The van der Waals surface area contributed by atoms with E-state index in [0.29, 0.717) is 0 Å². The van der Waals surface area contributed by atoms with Gasteiger partial charge in [-0.05, 0) is 0 Å². The predicted molar refractivity (Wildman–Crippen MR) is 89.4 cm³/mol. The lowest BCUT2D eigenvalue weighted by molar-refractivity contribution is -0.140. The molecule has 1 aromatic rings. The number of carbonyl (C=O) groups excluding carboxylic acids is 3. The smallest absolute Gasteiger partial charge is 0.328 e. The standard InChI is InChI=1S/C12H16N6O7.CH4O/c13-8-6(10(22)15-4(1-19)2-20)17-9(14)7(18-8)11(23)16-5(3-21)12(24)25;1-2/h1,4-5,20-21H,2-3H2,(H2,13,18)(H2,14,17)(H,15,22)(H,16,23)(H,24,25);2H,1H3. The number of aldehydes is 1. The van der Waals surface area contributed by atoms with E-state index < -0.39 is 66.1 Å². The lowest BCUT2D eigenvalue weighted by Gasteiger charge is -2.14. The van der Waals surface area contributed by atoms with E-state index in [0.717, 1.165) is 7.11 Å². The van der Waals surface area contributed by atoms with Gasteiger partial charge in [0.05, 0.1) is 13.2 Å². The summed E-state index contributed by atoms with van der Waals surface area (Å²) in [6, 6.07) is -2.80. The van der Waals surface area contributed by atoms with E-state index in [-0.39, 0.29) is 6.29 Å². The summed E-state index contributed by atoms with van der Waals surface area (Å²) in [4.78, 5) is 52.4. The number of nitrogens with zero attached hydrogens (tertiary/aromatic N) is 2. The molecule has 0 spiro atoms. The predicted octanol–water partition coefficient (Wildman–Crippen LogP) is -4.29. The molecule has 2 amide bonds. The van der Waals surface area contributed by atoms with E-state index in [9.17, 15) is 19.2 Å². The molecule has 2 unspecified atom stereocenters. The Bertz CT molecular complexity index is 698. The maximum atomic E-state index is 11.9. The second-order valence-corrected chi connectivity index (χ2v) is 4.64. The first-order valence-electron chi connectivity index (χ1n) is 7.14. The van der Waals surface area contributed by atoms with Gasteiger partial charge in [-0.2, -0.15) is 0 Å². The van der Waals surface area contributed by atoms with E-state index in [4.69, 9.17) is 31.9 Å². The Kier molecular flexibility index (Phi) is 9.89. The third-order valence-electron chi connectivity index (χ3n) is 2.84. The maximum absolute atomic E-state index is 11.9. The number of nitrogens with one attached hydrogen (secondary N) is 2. The van der Waals surface area contributed by atoms with E-state index in [1.165, 1.54) is 0 Å². The van der Waals surface area contributed by atoms with E-state index >= 15 is 0 Å². The van der Waals surface area contributed by atoms with E-state index in [2.05, 4.69) is 15.3 Å². The normalized spacial score (nSPS) is 12.0. The number of hydrogen-bond donors (Lipinski definition) is 8. The molecule has 0 fully saturated rings. The minimum Gasteiger partial charge on any atom is -0.480 e. The van der Waals surface area contributed by atoms with Gasteiger partial charge in [-0.25, -0.2) is 14.8 Å². The number of rotatable bonds is 8. The lowest BCUT2D eigenvalue weighted by atomic mass is 10.2. The van der Waals surface area contributed by atoms with Crippen LogP contribution in [-0.2, 0) is 9.59 Å². The van der Waals surface area contributed by atoms with Gasteiger partial charge in [0.25, 0.3) is 11.8 Å². The van der Waals surface area contributed by atoms with Crippen molar-refractivity contribution in [2.24, 2.45) is 0 Å². The first-order valence-corrected chi connectivity index (χ1v) is 7.14. The number of anilines is 2. The van der Waals surface area contributed by atoms with Crippen LogP contribution in [0.3, 0.4) is 0 Å². The van der Waals surface area contributed by atoms with Crippen molar-refractivity contribution in [1.29, 1.82) is 0 Å². The van der Waals surface area contributed by atoms with Crippen LogP contribution < -0.4 is 22.1 Å². The van der Waals surface area contributed by atoms with Crippen LogP contribution in [0.25, 0.3) is 0 Å². The highest BCUT2D eigenvalue weighted by molar-refractivity contribution is 6.02. The molecule has 2 atom stereocenters. The third-order valence-corrected chi connectivity index (χ3v) is 2.84. The molecule has 10 N–H and O–H groups in total. The second kappa shape index (κ2) is 11.3. The molecule has 14 heteroatoms. The van der Waals surface area contributed by atoms with Gasteiger partial charge in [-0.3, -0.25) is 9.59 Å². The molecule has 0 aliphatic carbocycles. The van der Waals surface area contributed by atoms with E-state index in [1.807, 2.05) is 5.32 Å². The molecule has 14 nitrogen and oxygen atoms in total. The molecular formula is C13H20N6O8. The van der Waals surface area contributed by atoms with Gasteiger partial charge in [0.2, 0.25) is 0 Å². The van der Waals surface area contributed by atoms with Gasteiger partial charge in [0.1, 0.15) is 12.3 Å². The highest BCUT2D eigenvalue weighted by Gasteiger charge is 2.25. The van der Waals surface area contributed by atoms with Gasteiger partial charge >= 0.3 is 5.97 Å². The Balaban J connectivity index is 0.00000326. The topological polar surface area (TPSA) is 251 Å². The molecule has 0 aliphatic heterocycles. The van der Waals surface area contributed by atoms with Crippen molar-refractivity contribution in [1.82, 2.24) is 20.6 Å². The monoisotopic (exact) mass is 388 g/mol. The summed E-state index contributed by atoms with van der Waals surface area (Å²) < 4.78 is 0. The zero-order valence-corrected chi connectivity index (χ0v) is 14.1. The average molecular weight is 388 g/mol. The van der Waals surface area contributed by atoms with Crippen LogP contribution in [-0.4, -0.2) is 86.9 Å². The summed E-state index contributed by atoms with van der Waals surface area (Å²) in [5.41, 5.74) is 10.00. The zero-order valence-electron chi connectivity index (χ0n) is 14.1. The number of aliphatic hydroxyl groups excluding tert-OH is 3. The molecule has 27 heavy (non-hydrogen) atoms. The quantitative estimate of drug-likeness (QED) is 0.197. The van der Waals surface area contributed by atoms with Crippen molar-refractivity contribution >= 4 is 35.7 Å². The van der Waals surface area contributed by atoms with Crippen molar-refractivity contribution in [3.8, 4) is 0 Å². The number of carboxylic acid groups (broad SMARTS) is 1. The fourth-order valence-corrected chi connectivity index (χ4v) is 1.57. The lowest BCUT2D eigenvalue weighted by Crippen LogP contribution is -2.44. The molecule has 0 radical (unpaired) electrons. The molecule has 150 valence electrons. The number of hydrogen-bond acceptors (Lipinski definition) is 11. The molecule has 0 bridgehead atoms. The van der Waals surface area contributed by atoms with Crippen molar-refractivity contribution in [2.45, 2.75) is 12.1 Å². The maximum Gasteiger partial charge on any atom is 0.328 e. The molecule has 0 saturated heterocycles. The van der Waals surface area contributed by atoms with Crippen LogP contribution in [0.15, 0.2) is 0 Å². The first-order chi connectivity index (χ1) is 12.7. The summed E-state index contributed by atoms with van der Waals surface area (Å²) in [5, 5.41) is 37.5. The average Bonchev–Trinajstić information content (AvgIpc) is 2.66. The van der Waals surface area contributed by atoms with Crippen LogP contribution in [0.5, 0.6) is 0 Å². The highest BCUT2D eigenvalue weighted by Crippen LogP contribution is 2.13. The molecule has 0 aliphatic rings. The van der Waals surface area contributed by atoms with Crippen molar-refractivity contribution < 1.29 is 39.6 Å². The summed E-state index contributed by atoms with van der Waals surface area (Å²) in [6.07, 6.45) is 0.285. The second-order valence-electron chi connectivity index (χ2n) is 4.64. The molecule has 0 aromatic carbocycles. The van der Waals surface area contributed by atoms with Crippen molar-refractivity contribution in [3.63, 3.8) is 0 Å². The van der Waals surface area contributed by atoms with Gasteiger partial charge in [-0.1, -0.05) is 0 Å². The summed E-state index contributed by atoms with van der Waals surface area (Å²) in [6.45, 7) is -1.53. The Hall–Kier alpha value is -3.36. The number of aliphatic hydroxyl groups is 3. The van der Waals surface area contributed by atoms with Crippen LogP contribution in [0, 0.1) is 0 Å². The fourth-order valence-electron chi connectivity index (χ4n) is 1.57. The minimum atomic E-state index is -1.60. The van der Waals surface area contributed by atoms with Gasteiger partial charge < -0.3 is 47.3 Å². The minimum absolute atomic E-state index is 0.285. The Morgan fingerprint density at radius 3 is 1.78 bits per heavy atom. The van der Waals surface area contributed by atoms with Crippen LogP contribution in [0.1, 0.15) is 21.0 Å². The molecule has 0 saturated carbocycles. The zero-order chi connectivity index (χ0) is 21.1.